The summed E-state index contributed by atoms with van der Waals surface area (Å²) in [5.41, 5.74) is 0.694. The van der Waals surface area contributed by atoms with Crippen LogP contribution in [-0.4, -0.2) is 101 Å². The maximum Gasteiger partial charge on any atom is 0.255 e. The number of likely N-dealkylation sites (tertiary alicyclic amines) is 1. The highest BCUT2D eigenvalue weighted by Gasteiger charge is 2.49. The van der Waals surface area contributed by atoms with E-state index in [1.807, 2.05) is 12.1 Å². The number of pyridine rings is 1. The van der Waals surface area contributed by atoms with Crippen LogP contribution in [0.5, 0.6) is 0 Å². The zero-order valence-electron chi connectivity index (χ0n) is 22.4. The van der Waals surface area contributed by atoms with Gasteiger partial charge in [-0.1, -0.05) is 13.8 Å². The summed E-state index contributed by atoms with van der Waals surface area (Å²) in [7, 11) is 0. The summed E-state index contributed by atoms with van der Waals surface area (Å²) in [6.07, 6.45) is 10.7. The van der Waals surface area contributed by atoms with Crippen molar-refractivity contribution in [2.45, 2.75) is 70.9 Å². The molecule has 36 heavy (non-hydrogen) atoms. The van der Waals surface area contributed by atoms with Crippen molar-refractivity contribution in [3.8, 4) is 0 Å². The van der Waals surface area contributed by atoms with Crippen molar-refractivity contribution < 1.29 is 9.59 Å². The summed E-state index contributed by atoms with van der Waals surface area (Å²) in [5.74, 6) is 2.18. The standard InChI is InChI=1S/C29H45N5O2/c1-22(2)20-31-15-17-32(18-16-31)27(35)11-3-10-26-25-9-6-14-33-13-5-8-24(28(25)33)21-34(26)29(36)23-7-4-12-30-19-23/h4,7,12,19,22,24-26,28H,3,5-6,8-11,13-18,20-21H2,1-2H3/t24-,25+,26+,28-/m0/s1. The molecule has 0 radical (unpaired) electrons. The lowest BCUT2D eigenvalue weighted by Gasteiger charge is -2.57. The van der Waals surface area contributed by atoms with Crippen LogP contribution in [0.3, 0.4) is 0 Å². The Hall–Kier alpha value is -1.99. The van der Waals surface area contributed by atoms with Gasteiger partial charge in [0.2, 0.25) is 5.91 Å². The van der Waals surface area contributed by atoms with Crippen LogP contribution in [0.4, 0.5) is 0 Å². The van der Waals surface area contributed by atoms with Gasteiger partial charge in [0, 0.05) is 70.2 Å². The van der Waals surface area contributed by atoms with Gasteiger partial charge in [-0.05, 0) is 81.5 Å². The molecule has 0 saturated carbocycles. The zero-order chi connectivity index (χ0) is 25.1. The largest absolute Gasteiger partial charge is 0.340 e. The molecule has 5 heterocycles. The van der Waals surface area contributed by atoms with Gasteiger partial charge in [0.15, 0.2) is 0 Å². The summed E-state index contributed by atoms with van der Waals surface area (Å²) in [5, 5.41) is 0. The molecule has 2 amide bonds. The van der Waals surface area contributed by atoms with E-state index in [2.05, 4.69) is 38.4 Å². The third kappa shape index (κ3) is 5.62. The fourth-order valence-electron chi connectivity index (χ4n) is 7.57. The molecule has 7 heteroatoms. The van der Waals surface area contributed by atoms with E-state index in [0.717, 1.165) is 52.1 Å². The van der Waals surface area contributed by atoms with Gasteiger partial charge in [-0.15, -0.1) is 0 Å². The van der Waals surface area contributed by atoms with E-state index in [4.69, 9.17) is 0 Å². The molecule has 0 aromatic carbocycles. The average molecular weight is 496 g/mol. The van der Waals surface area contributed by atoms with E-state index in [1.165, 1.54) is 38.8 Å². The lowest BCUT2D eigenvalue weighted by Crippen LogP contribution is -2.65. The van der Waals surface area contributed by atoms with Crippen molar-refractivity contribution in [3.05, 3.63) is 30.1 Å². The highest BCUT2D eigenvalue weighted by atomic mass is 16.2. The Morgan fingerprint density at radius 1 is 1.06 bits per heavy atom. The van der Waals surface area contributed by atoms with E-state index in [-0.39, 0.29) is 11.9 Å². The summed E-state index contributed by atoms with van der Waals surface area (Å²) >= 11 is 0. The maximum atomic E-state index is 13.7. The van der Waals surface area contributed by atoms with Crippen LogP contribution in [0.1, 0.15) is 69.2 Å². The molecular formula is C29H45N5O2. The molecule has 1 aromatic rings. The fraction of sp³-hybridized carbons (Fsp3) is 0.759. The van der Waals surface area contributed by atoms with Crippen LogP contribution in [0.25, 0.3) is 0 Å². The molecule has 198 valence electrons. The number of piperidine rings is 3. The van der Waals surface area contributed by atoms with Crippen LogP contribution in [-0.2, 0) is 4.79 Å². The second-order valence-corrected chi connectivity index (χ2v) is 12.0. The number of hydrogen-bond donors (Lipinski definition) is 0. The van der Waals surface area contributed by atoms with Gasteiger partial charge in [0.05, 0.1) is 5.56 Å². The molecule has 4 atom stereocenters. The summed E-state index contributed by atoms with van der Waals surface area (Å²) < 4.78 is 0. The third-order valence-corrected chi connectivity index (χ3v) is 9.08. The number of nitrogens with zero attached hydrogens (tertiary/aromatic N) is 5. The fourth-order valence-corrected chi connectivity index (χ4v) is 7.57. The van der Waals surface area contributed by atoms with Crippen LogP contribution in [0.2, 0.25) is 0 Å². The van der Waals surface area contributed by atoms with Gasteiger partial charge in [-0.25, -0.2) is 0 Å². The molecular weight excluding hydrogens is 450 g/mol. The molecule has 0 aliphatic carbocycles. The van der Waals surface area contributed by atoms with E-state index in [9.17, 15) is 9.59 Å². The molecule has 4 saturated heterocycles. The Labute approximate surface area is 217 Å². The number of rotatable bonds is 7. The first kappa shape index (κ1) is 25.7. The van der Waals surface area contributed by atoms with Crippen LogP contribution >= 0.6 is 0 Å². The van der Waals surface area contributed by atoms with E-state index in [1.54, 1.807) is 12.4 Å². The van der Waals surface area contributed by atoms with E-state index < -0.39 is 0 Å². The normalized spacial score (nSPS) is 29.3. The predicted octanol–water partition coefficient (Wildman–Crippen LogP) is 3.37. The van der Waals surface area contributed by atoms with Gasteiger partial charge < -0.3 is 9.80 Å². The Kier molecular flexibility index (Phi) is 8.26. The molecule has 7 nitrogen and oxygen atoms in total. The molecule has 4 aliphatic heterocycles. The minimum Gasteiger partial charge on any atom is -0.340 e. The highest BCUT2D eigenvalue weighted by molar-refractivity contribution is 5.94. The quantitative estimate of drug-likeness (QED) is 0.581. The lowest BCUT2D eigenvalue weighted by atomic mass is 9.69. The zero-order valence-corrected chi connectivity index (χ0v) is 22.4. The summed E-state index contributed by atoms with van der Waals surface area (Å²) in [6, 6.07) is 4.59. The molecule has 1 aromatic heterocycles. The Morgan fingerprint density at radius 2 is 1.83 bits per heavy atom. The molecule has 5 rings (SSSR count). The number of carbonyl (C=O) groups is 2. The molecule has 0 N–H and O–H groups in total. The molecule has 4 fully saturated rings. The van der Waals surface area contributed by atoms with Crippen LogP contribution < -0.4 is 0 Å². The van der Waals surface area contributed by atoms with Gasteiger partial charge >= 0.3 is 0 Å². The monoisotopic (exact) mass is 495 g/mol. The maximum absolute atomic E-state index is 13.7. The van der Waals surface area contributed by atoms with Gasteiger partial charge in [-0.3, -0.25) is 24.4 Å². The average Bonchev–Trinajstić information content (AvgIpc) is 2.90. The van der Waals surface area contributed by atoms with Crippen LogP contribution in [0.15, 0.2) is 24.5 Å². The Morgan fingerprint density at radius 3 is 2.56 bits per heavy atom. The van der Waals surface area contributed by atoms with E-state index in [0.29, 0.717) is 41.7 Å². The van der Waals surface area contributed by atoms with Crippen molar-refractivity contribution in [1.29, 1.82) is 0 Å². The number of piperazine rings is 1. The summed E-state index contributed by atoms with van der Waals surface area (Å²) in [4.78, 5) is 40.4. The molecule has 0 unspecified atom stereocenters. The topological polar surface area (TPSA) is 60.0 Å². The molecule has 0 spiro atoms. The van der Waals surface area contributed by atoms with Crippen molar-refractivity contribution in [2.24, 2.45) is 17.8 Å². The van der Waals surface area contributed by atoms with Crippen molar-refractivity contribution in [3.63, 3.8) is 0 Å². The first-order valence-corrected chi connectivity index (χ1v) is 14.5. The minimum atomic E-state index is 0.127. The second kappa shape index (κ2) is 11.6. The van der Waals surface area contributed by atoms with Gasteiger partial charge in [0.1, 0.15) is 0 Å². The second-order valence-electron chi connectivity index (χ2n) is 12.0. The third-order valence-electron chi connectivity index (χ3n) is 9.08. The SMILES string of the molecule is CC(C)CN1CCN(C(=O)CCC[C@@H]2[C@H]3CCCN4CCC[C@@H](CN2C(=O)c2cccnc2)[C@@H]34)CC1. The number of aromatic nitrogens is 1. The molecule has 0 bridgehead atoms. The van der Waals surface area contributed by atoms with Gasteiger partial charge in [-0.2, -0.15) is 0 Å². The summed E-state index contributed by atoms with van der Waals surface area (Å²) in [6.45, 7) is 12.6. The molecule has 4 aliphatic rings. The van der Waals surface area contributed by atoms with Crippen LogP contribution in [0, 0.1) is 17.8 Å². The Bertz CT molecular complexity index is 883. The predicted molar refractivity (Wildman–Crippen MR) is 142 cm³/mol. The van der Waals surface area contributed by atoms with Gasteiger partial charge in [0.25, 0.3) is 5.91 Å². The minimum absolute atomic E-state index is 0.127. The van der Waals surface area contributed by atoms with E-state index >= 15 is 0 Å². The number of carbonyl (C=O) groups excluding carboxylic acids is 2. The van der Waals surface area contributed by atoms with Crippen molar-refractivity contribution >= 4 is 11.8 Å². The smallest absolute Gasteiger partial charge is 0.255 e. The van der Waals surface area contributed by atoms with Crippen molar-refractivity contribution in [1.82, 2.24) is 24.6 Å². The first-order chi connectivity index (χ1) is 17.5. The lowest BCUT2D eigenvalue weighted by molar-refractivity contribution is -0.133. The highest BCUT2D eigenvalue weighted by Crippen LogP contribution is 2.43. The van der Waals surface area contributed by atoms with Crippen molar-refractivity contribution in [2.75, 3.05) is 52.4 Å². The Balaban J connectivity index is 1.23. The number of hydrogen-bond acceptors (Lipinski definition) is 5. The first-order valence-electron chi connectivity index (χ1n) is 14.5. The number of amides is 2.